The zero-order chi connectivity index (χ0) is 14.3. The summed E-state index contributed by atoms with van der Waals surface area (Å²) in [6.07, 6.45) is 3.45. The van der Waals surface area contributed by atoms with Gasteiger partial charge in [-0.25, -0.2) is 14.4 Å². The molecule has 19 heavy (non-hydrogen) atoms. The molecule has 1 unspecified atom stereocenters. The SMILES string of the molecule is CCc1ncnc(NCCC(C)CCC(=O)O)c1F. The Morgan fingerprint density at radius 2 is 2.21 bits per heavy atom. The van der Waals surface area contributed by atoms with Crippen LogP contribution >= 0.6 is 0 Å². The zero-order valence-electron chi connectivity index (χ0n) is 11.3. The number of carbonyl (C=O) groups is 1. The molecule has 0 aromatic carbocycles. The number of aryl methyl sites for hydroxylation is 1. The topological polar surface area (TPSA) is 75.1 Å². The Morgan fingerprint density at radius 3 is 2.84 bits per heavy atom. The van der Waals surface area contributed by atoms with Crippen LogP contribution in [0.3, 0.4) is 0 Å². The Balaban J connectivity index is 2.39. The summed E-state index contributed by atoms with van der Waals surface area (Å²) in [5.41, 5.74) is 0.399. The number of aromatic nitrogens is 2. The predicted molar refractivity (Wildman–Crippen MR) is 70.5 cm³/mol. The monoisotopic (exact) mass is 269 g/mol. The van der Waals surface area contributed by atoms with Gasteiger partial charge < -0.3 is 10.4 Å². The van der Waals surface area contributed by atoms with E-state index >= 15 is 0 Å². The van der Waals surface area contributed by atoms with Gasteiger partial charge in [-0.15, -0.1) is 0 Å². The van der Waals surface area contributed by atoms with Crippen LogP contribution in [0, 0.1) is 11.7 Å². The van der Waals surface area contributed by atoms with Crippen molar-refractivity contribution >= 4 is 11.8 Å². The summed E-state index contributed by atoms with van der Waals surface area (Å²) >= 11 is 0. The summed E-state index contributed by atoms with van der Waals surface area (Å²) in [6, 6.07) is 0. The van der Waals surface area contributed by atoms with E-state index in [0.29, 0.717) is 25.1 Å². The van der Waals surface area contributed by atoms with E-state index < -0.39 is 11.8 Å². The molecule has 0 spiro atoms. The van der Waals surface area contributed by atoms with Gasteiger partial charge in [-0.1, -0.05) is 13.8 Å². The molecule has 0 aliphatic carbocycles. The van der Waals surface area contributed by atoms with E-state index in [4.69, 9.17) is 5.11 Å². The van der Waals surface area contributed by atoms with Crippen LogP contribution in [0.1, 0.15) is 38.8 Å². The number of aliphatic carboxylic acids is 1. The van der Waals surface area contributed by atoms with Crippen molar-refractivity contribution in [3.63, 3.8) is 0 Å². The Bertz CT molecular complexity index is 426. The standard InChI is InChI=1S/C13H20FN3O2/c1-3-10-12(14)13(17-8-16-10)15-7-6-9(2)4-5-11(18)19/h8-9H,3-7H2,1-2H3,(H,18,19)(H,15,16,17). The molecule has 106 valence electrons. The van der Waals surface area contributed by atoms with Crippen molar-refractivity contribution in [1.82, 2.24) is 9.97 Å². The minimum atomic E-state index is -0.783. The van der Waals surface area contributed by atoms with Crippen molar-refractivity contribution in [2.75, 3.05) is 11.9 Å². The molecule has 1 aromatic rings. The van der Waals surface area contributed by atoms with Crippen LogP contribution in [-0.4, -0.2) is 27.6 Å². The van der Waals surface area contributed by atoms with Gasteiger partial charge in [0.05, 0.1) is 5.69 Å². The Hall–Kier alpha value is -1.72. The smallest absolute Gasteiger partial charge is 0.303 e. The largest absolute Gasteiger partial charge is 0.481 e. The molecule has 0 radical (unpaired) electrons. The maximum Gasteiger partial charge on any atom is 0.303 e. The van der Waals surface area contributed by atoms with Crippen LogP contribution in [0.15, 0.2) is 6.33 Å². The first kappa shape index (κ1) is 15.3. The number of nitrogens with zero attached hydrogens (tertiary/aromatic N) is 2. The summed E-state index contributed by atoms with van der Waals surface area (Å²) < 4.78 is 13.8. The highest BCUT2D eigenvalue weighted by Crippen LogP contribution is 2.15. The van der Waals surface area contributed by atoms with Crippen molar-refractivity contribution in [3.05, 3.63) is 17.8 Å². The Labute approximate surface area is 112 Å². The average Bonchev–Trinajstić information content (AvgIpc) is 2.38. The van der Waals surface area contributed by atoms with Gasteiger partial charge in [-0.2, -0.15) is 0 Å². The highest BCUT2D eigenvalue weighted by atomic mass is 19.1. The first-order valence-electron chi connectivity index (χ1n) is 6.49. The number of anilines is 1. The third-order valence-electron chi connectivity index (χ3n) is 2.98. The van der Waals surface area contributed by atoms with Gasteiger partial charge >= 0.3 is 5.97 Å². The second kappa shape index (κ2) is 7.66. The Kier molecular flexibility index (Phi) is 6.18. The second-order valence-corrected chi connectivity index (χ2v) is 4.59. The lowest BCUT2D eigenvalue weighted by atomic mass is 10.0. The van der Waals surface area contributed by atoms with Crippen LogP contribution in [-0.2, 0) is 11.2 Å². The lowest BCUT2D eigenvalue weighted by Gasteiger charge is -2.12. The van der Waals surface area contributed by atoms with E-state index in [1.54, 1.807) is 0 Å². The molecular formula is C13H20FN3O2. The molecule has 1 atom stereocenters. The van der Waals surface area contributed by atoms with E-state index in [0.717, 1.165) is 6.42 Å². The molecule has 0 aliphatic rings. The Morgan fingerprint density at radius 1 is 1.47 bits per heavy atom. The third kappa shape index (κ3) is 5.19. The summed E-state index contributed by atoms with van der Waals surface area (Å²) in [7, 11) is 0. The number of rotatable bonds is 8. The van der Waals surface area contributed by atoms with E-state index in [1.165, 1.54) is 6.33 Å². The minimum Gasteiger partial charge on any atom is -0.481 e. The molecule has 0 amide bonds. The fourth-order valence-electron chi connectivity index (χ4n) is 1.73. The van der Waals surface area contributed by atoms with Crippen LogP contribution in [0.25, 0.3) is 0 Å². The number of halogens is 1. The van der Waals surface area contributed by atoms with Crippen molar-refractivity contribution < 1.29 is 14.3 Å². The molecule has 1 heterocycles. The van der Waals surface area contributed by atoms with Crippen molar-refractivity contribution in [2.45, 2.75) is 39.5 Å². The molecule has 0 saturated heterocycles. The van der Waals surface area contributed by atoms with Gasteiger partial charge in [0.25, 0.3) is 0 Å². The van der Waals surface area contributed by atoms with Gasteiger partial charge in [-0.05, 0) is 25.2 Å². The van der Waals surface area contributed by atoms with Gasteiger partial charge in [0.2, 0.25) is 0 Å². The molecule has 1 rings (SSSR count). The summed E-state index contributed by atoms with van der Waals surface area (Å²) in [5.74, 6) is -0.686. The lowest BCUT2D eigenvalue weighted by Crippen LogP contribution is -2.11. The van der Waals surface area contributed by atoms with Gasteiger partial charge in [-0.3, -0.25) is 4.79 Å². The summed E-state index contributed by atoms with van der Waals surface area (Å²) in [4.78, 5) is 18.2. The molecule has 0 aliphatic heterocycles. The molecule has 0 fully saturated rings. The fraction of sp³-hybridized carbons (Fsp3) is 0.615. The van der Waals surface area contributed by atoms with Crippen LogP contribution in [0.5, 0.6) is 0 Å². The van der Waals surface area contributed by atoms with Gasteiger partial charge in [0.1, 0.15) is 6.33 Å². The molecule has 5 nitrogen and oxygen atoms in total. The van der Waals surface area contributed by atoms with E-state index in [1.807, 2.05) is 13.8 Å². The number of carboxylic acids is 1. The first-order valence-corrected chi connectivity index (χ1v) is 6.49. The predicted octanol–water partition coefficient (Wildman–Crippen LogP) is 2.48. The second-order valence-electron chi connectivity index (χ2n) is 4.59. The maximum atomic E-state index is 13.8. The van der Waals surface area contributed by atoms with E-state index in [9.17, 15) is 9.18 Å². The number of hydrogen-bond acceptors (Lipinski definition) is 4. The van der Waals surface area contributed by atoms with E-state index in [-0.39, 0.29) is 18.2 Å². The number of carboxylic acid groups (broad SMARTS) is 1. The van der Waals surface area contributed by atoms with Crippen LogP contribution in [0.2, 0.25) is 0 Å². The fourth-order valence-corrected chi connectivity index (χ4v) is 1.73. The highest BCUT2D eigenvalue weighted by Gasteiger charge is 2.10. The molecule has 1 aromatic heterocycles. The number of nitrogens with one attached hydrogen (secondary N) is 1. The van der Waals surface area contributed by atoms with E-state index in [2.05, 4.69) is 15.3 Å². The molecular weight excluding hydrogens is 249 g/mol. The summed E-state index contributed by atoms with van der Waals surface area (Å²) in [6.45, 7) is 4.39. The van der Waals surface area contributed by atoms with Crippen molar-refractivity contribution in [1.29, 1.82) is 0 Å². The van der Waals surface area contributed by atoms with Gasteiger partial charge in [0, 0.05) is 13.0 Å². The average molecular weight is 269 g/mol. The minimum absolute atomic E-state index is 0.170. The quantitative estimate of drug-likeness (QED) is 0.758. The molecule has 0 saturated carbocycles. The van der Waals surface area contributed by atoms with Gasteiger partial charge in [0.15, 0.2) is 11.6 Å². The van der Waals surface area contributed by atoms with Crippen LogP contribution in [0.4, 0.5) is 10.2 Å². The van der Waals surface area contributed by atoms with Crippen LogP contribution < -0.4 is 5.32 Å². The molecule has 0 bridgehead atoms. The third-order valence-corrected chi connectivity index (χ3v) is 2.98. The zero-order valence-corrected chi connectivity index (χ0v) is 11.3. The van der Waals surface area contributed by atoms with Crippen molar-refractivity contribution in [3.8, 4) is 0 Å². The van der Waals surface area contributed by atoms with Crippen molar-refractivity contribution in [2.24, 2.45) is 5.92 Å². The summed E-state index contributed by atoms with van der Waals surface area (Å²) in [5, 5.41) is 11.5. The highest BCUT2D eigenvalue weighted by molar-refractivity contribution is 5.66. The maximum absolute atomic E-state index is 13.8. The lowest BCUT2D eigenvalue weighted by molar-refractivity contribution is -0.137. The first-order chi connectivity index (χ1) is 9.04. The normalized spacial score (nSPS) is 12.2. The number of hydrogen-bond donors (Lipinski definition) is 2. The molecule has 2 N–H and O–H groups in total. The molecule has 6 heteroatoms.